The molecule has 0 saturated carbocycles. The van der Waals surface area contributed by atoms with Crippen molar-refractivity contribution in [2.45, 2.75) is 33.2 Å². The van der Waals surface area contributed by atoms with Crippen LogP contribution >= 0.6 is 0 Å². The third-order valence-electron chi connectivity index (χ3n) is 2.80. The highest BCUT2D eigenvalue weighted by Gasteiger charge is 2.22. The summed E-state index contributed by atoms with van der Waals surface area (Å²) in [5.41, 5.74) is 0.133. The second kappa shape index (κ2) is 5.10. The minimum Gasteiger partial charge on any atom is -0.396 e. The van der Waals surface area contributed by atoms with Gasteiger partial charge in [0.05, 0.1) is 0 Å². The van der Waals surface area contributed by atoms with Crippen LogP contribution in [0.1, 0.15) is 27.7 Å². The molecule has 0 spiro atoms. The Labute approximate surface area is 88.5 Å². The molecule has 0 aliphatic heterocycles. The lowest BCUT2D eigenvalue weighted by Crippen LogP contribution is -2.48. The summed E-state index contributed by atoms with van der Waals surface area (Å²) in [6, 6.07) is 0. The van der Waals surface area contributed by atoms with Gasteiger partial charge in [-0.05, 0) is 27.9 Å². The average molecular weight is 202 g/mol. The summed E-state index contributed by atoms with van der Waals surface area (Å²) in [6.07, 6.45) is 0. The molecule has 0 aromatic rings. The number of rotatable bonds is 6. The number of likely N-dealkylation sites (N-methyl/N-ethyl adjacent to an activating group) is 1. The fourth-order valence-electron chi connectivity index (χ4n) is 0.921. The molecule has 0 heterocycles. The van der Waals surface area contributed by atoms with Crippen molar-refractivity contribution in [3.63, 3.8) is 0 Å². The van der Waals surface area contributed by atoms with Crippen molar-refractivity contribution in [1.29, 1.82) is 0 Å². The SMILES string of the molecule is CN(C)C(C)(C)CNCC(C)(C)CO. The van der Waals surface area contributed by atoms with Gasteiger partial charge in [0.1, 0.15) is 0 Å². The van der Waals surface area contributed by atoms with Crippen molar-refractivity contribution in [1.82, 2.24) is 10.2 Å². The zero-order valence-electron chi connectivity index (χ0n) is 10.5. The fourth-order valence-corrected chi connectivity index (χ4v) is 0.921. The normalized spacial score (nSPS) is 13.7. The smallest absolute Gasteiger partial charge is 0.0494 e. The van der Waals surface area contributed by atoms with Gasteiger partial charge in [0.15, 0.2) is 0 Å². The van der Waals surface area contributed by atoms with Crippen molar-refractivity contribution in [2.24, 2.45) is 5.41 Å². The van der Waals surface area contributed by atoms with Gasteiger partial charge in [0, 0.05) is 30.7 Å². The van der Waals surface area contributed by atoms with Crippen molar-refractivity contribution in [2.75, 3.05) is 33.8 Å². The molecular weight excluding hydrogens is 176 g/mol. The van der Waals surface area contributed by atoms with Crippen LogP contribution in [-0.2, 0) is 0 Å². The van der Waals surface area contributed by atoms with E-state index in [2.05, 4.69) is 52.0 Å². The largest absolute Gasteiger partial charge is 0.396 e. The van der Waals surface area contributed by atoms with Crippen LogP contribution in [0.25, 0.3) is 0 Å². The molecule has 0 aromatic heterocycles. The van der Waals surface area contributed by atoms with Gasteiger partial charge in [-0.15, -0.1) is 0 Å². The minimum atomic E-state index is -0.0254. The molecule has 3 nitrogen and oxygen atoms in total. The molecule has 86 valence electrons. The first kappa shape index (κ1) is 13.9. The van der Waals surface area contributed by atoms with E-state index in [0.29, 0.717) is 0 Å². The van der Waals surface area contributed by atoms with Gasteiger partial charge in [-0.2, -0.15) is 0 Å². The summed E-state index contributed by atoms with van der Waals surface area (Å²) in [5.74, 6) is 0. The number of aliphatic hydroxyl groups excluding tert-OH is 1. The fraction of sp³-hybridized carbons (Fsp3) is 1.00. The highest BCUT2D eigenvalue weighted by molar-refractivity contribution is 4.81. The maximum absolute atomic E-state index is 9.08. The Morgan fingerprint density at radius 3 is 1.93 bits per heavy atom. The molecule has 0 aromatic carbocycles. The van der Waals surface area contributed by atoms with E-state index in [1.165, 1.54) is 0 Å². The molecule has 0 aliphatic carbocycles. The first-order chi connectivity index (χ1) is 6.21. The summed E-state index contributed by atoms with van der Waals surface area (Å²) in [6.45, 7) is 10.5. The third kappa shape index (κ3) is 4.94. The quantitative estimate of drug-likeness (QED) is 0.673. The van der Waals surface area contributed by atoms with Crippen LogP contribution in [0.15, 0.2) is 0 Å². The molecule has 3 heteroatoms. The highest BCUT2D eigenvalue weighted by atomic mass is 16.3. The molecule has 0 saturated heterocycles. The van der Waals surface area contributed by atoms with E-state index in [1.54, 1.807) is 0 Å². The molecule has 0 unspecified atom stereocenters. The van der Waals surface area contributed by atoms with Gasteiger partial charge < -0.3 is 15.3 Å². The monoisotopic (exact) mass is 202 g/mol. The lowest BCUT2D eigenvalue weighted by molar-refractivity contribution is 0.141. The van der Waals surface area contributed by atoms with Crippen LogP contribution in [0.2, 0.25) is 0 Å². The van der Waals surface area contributed by atoms with E-state index in [9.17, 15) is 0 Å². The number of nitrogens with one attached hydrogen (secondary N) is 1. The molecule has 0 radical (unpaired) electrons. The second-order valence-corrected chi connectivity index (χ2v) is 5.63. The van der Waals surface area contributed by atoms with E-state index in [1.807, 2.05) is 0 Å². The Morgan fingerprint density at radius 1 is 1.07 bits per heavy atom. The summed E-state index contributed by atoms with van der Waals surface area (Å²) >= 11 is 0. The topological polar surface area (TPSA) is 35.5 Å². The van der Waals surface area contributed by atoms with Gasteiger partial charge in [-0.3, -0.25) is 0 Å². The van der Waals surface area contributed by atoms with E-state index in [0.717, 1.165) is 13.1 Å². The Hall–Kier alpha value is -0.120. The van der Waals surface area contributed by atoms with Crippen LogP contribution in [0.4, 0.5) is 0 Å². The van der Waals surface area contributed by atoms with Crippen LogP contribution in [-0.4, -0.2) is 49.3 Å². The predicted octanol–water partition coefficient (Wildman–Crippen LogP) is 0.935. The zero-order chi connectivity index (χ0) is 11.4. The van der Waals surface area contributed by atoms with E-state index >= 15 is 0 Å². The summed E-state index contributed by atoms with van der Waals surface area (Å²) in [5, 5.41) is 12.5. The first-order valence-electron chi connectivity index (χ1n) is 5.20. The highest BCUT2D eigenvalue weighted by Crippen LogP contribution is 2.13. The third-order valence-corrected chi connectivity index (χ3v) is 2.80. The van der Waals surface area contributed by atoms with Crippen molar-refractivity contribution in [3.8, 4) is 0 Å². The molecule has 0 fully saturated rings. The Bertz CT molecular complexity index is 165. The Balaban J connectivity index is 3.85. The average Bonchev–Trinajstić information content (AvgIpc) is 2.03. The van der Waals surface area contributed by atoms with Crippen molar-refractivity contribution in [3.05, 3.63) is 0 Å². The molecule has 0 aliphatic rings. The van der Waals surface area contributed by atoms with Gasteiger partial charge in [0.2, 0.25) is 0 Å². The predicted molar refractivity (Wildman–Crippen MR) is 61.5 cm³/mol. The molecular formula is C11H26N2O. The van der Waals surface area contributed by atoms with Crippen LogP contribution < -0.4 is 5.32 Å². The van der Waals surface area contributed by atoms with Crippen molar-refractivity contribution >= 4 is 0 Å². The molecule has 0 bridgehead atoms. The molecule has 0 rings (SSSR count). The van der Waals surface area contributed by atoms with Gasteiger partial charge in [-0.1, -0.05) is 13.8 Å². The lowest BCUT2D eigenvalue weighted by Gasteiger charge is -2.34. The number of aliphatic hydroxyl groups is 1. The Kier molecular flexibility index (Phi) is 5.06. The standard InChI is InChI=1S/C11H26N2O/c1-10(2,9-14)7-12-8-11(3,4)13(5)6/h12,14H,7-9H2,1-6H3. The van der Waals surface area contributed by atoms with E-state index in [4.69, 9.17) is 5.11 Å². The number of hydrogen-bond acceptors (Lipinski definition) is 3. The minimum absolute atomic E-state index is 0.0254. The summed E-state index contributed by atoms with van der Waals surface area (Å²) in [7, 11) is 4.16. The van der Waals surface area contributed by atoms with E-state index < -0.39 is 0 Å². The summed E-state index contributed by atoms with van der Waals surface area (Å²) in [4.78, 5) is 2.20. The second-order valence-electron chi connectivity index (χ2n) is 5.63. The zero-order valence-corrected chi connectivity index (χ0v) is 10.5. The number of hydrogen-bond donors (Lipinski definition) is 2. The maximum atomic E-state index is 9.08. The van der Waals surface area contributed by atoms with Crippen LogP contribution in [0.3, 0.4) is 0 Å². The lowest BCUT2D eigenvalue weighted by atomic mass is 9.94. The molecule has 14 heavy (non-hydrogen) atoms. The maximum Gasteiger partial charge on any atom is 0.0494 e. The van der Waals surface area contributed by atoms with Gasteiger partial charge in [-0.25, -0.2) is 0 Å². The van der Waals surface area contributed by atoms with Crippen LogP contribution in [0.5, 0.6) is 0 Å². The summed E-state index contributed by atoms with van der Waals surface area (Å²) < 4.78 is 0. The van der Waals surface area contributed by atoms with E-state index in [-0.39, 0.29) is 17.6 Å². The Morgan fingerprint density at radius 2 is 1.57 bits per heavy atom. The van der Waals surface area contributed by atoms with Crippen LogP contribution in [0, 0.1) is 5.41 Å². The first-order valence-corrected chi connectivity index (χ1v) is 5.20. The molecule has 0 atom stereocenters. The van der Waals surface area contributed by atoms with Gasteiger partial charge >= 0.3 is 0 Å². The van der Waals surface area contributed by atoms with Crippen molar-refractivity contribution < 1.29 is 5.11 Å². The molecule has 2 N–H and O–H groups in total. The van der Waals surface area contributed by atoms with Gasteiger partial charge in [0.25, 0.3) is 0 Å². The number of nitrogens with zero attached hydrogens (tertiary/aromatic N) is 1. The molecule has 0 amide bonds.